The summed E-state index contributed by atoms with van der Waals surface area (Å²) in [7, 11) is -2.69. The highest BCUT2D eigenvalue weighted by molar-refractivity contribution is 7.89. The molecule has 0 saturated heterocycles. The zero-order chi connectivity index (χ0) is 16.2. The fraction of sp³-hybridized carbons (Fsp3) is 0.417. The maximum Gasteiger partial charge on any atom is 0.337 e. The molecule has 0 aromatic carbocycles. The SMILES string of the molecule is CC(C)NC(=O)CN(C)S(=O)(=O)c1ccc(C(=O)O)cn1. The molecule has 8 nitrogen and oxygen atoms in total. The maximum atomic E-state index is 12.2. The van der Waals surface area contributed by atoms with Crippen molar-refractivity contribution in [3.63, 3.8) is 0 Å². The Morgan fingerprint density at radius 3 is 2.43 bits per heavy atom. The van der Waals surface area contributed by atoms with Crippen LogP contribution in [0.25, 0.3) is 0 Å². The summed E-state index contributed by atoms with van der Waals surface area (Å²) in [5, 5.41) is 11.0. The Hall–Kier alpha value is -2.00. The van der Waals surface area contributed by atoms with E-state index >= 15 is 0 Å². The number of carboxylic acids is 1. The Morgan fingerprint density at radius 2 is 2.00 bits per heavy atom. The van der Waals surface area contributed by atoms with Gasteiger partial charge in [0.15, 0.2) is 5.03 Å². The molecule has 0 unspecified atom stereocenters. The van der Waals surface area contributed by atoms with Crippen LogP contribution < -0.4 is 5.32 Å². The minimum Gasteiger partial charge on any atom is -0.478 e. The molecule has 1 aromatic heterocycles. The molecule has 0 aliphatic rings. The molecule has 1 heterocycles. The summed E-state index contributed by atoms with van der Waals surface area (Å²) in [4.78, 5) is 25.9. The van der Waals surface area contributed by atoms with E-state index in [0.717, 1.165) is 22.6 Å². The molecule has 21 heavy (non-hydrogen) atoms. The van der Waals surface area contributed by atoms with Crippen LogP contribution in [0.3, 0.4) is 0 Å². The van der Waals surface area contributed by atoms with E-state index in [0.29, 0.717) is 0 Å². The predicted molar refractivity (Wildman–Crippen MR) is 74.3 cm³/mol. The first-order valence-corrected chi connectivity index (χ1v) is 7.53. The van der Waals surface area contributed by atoms with Crippen LogP contribution in [-0.4, -0.2) is 54.3 Å². The van der Waals surface area contributed by atoms with Crippen LogP contribution >= 0.6 is 0 Å². The van der Waals surface area contributed by atoms with Crippen molar-refractivity contribution in [3.05, 3.63) is 23.9 Å². The van der Waals surface area contributed by atoms with Gasteiger partial charge in [-0.15, -0.1) is 0 Å². The minimum absolute atomic E-state index is 0.0958. The average molecular weight is 315 g/mol. The number of sulfonamides is 1. The monoisotopic (exact) mass is 315 g/mol. The van der Waals surface area contributed by atoms with Gasteiger partial charge in [0.2, 0.25) is 5.91 Å². The van der Waals surface area contributed by atoms with Crippen molar-refractivity contribution in [1.82, 2.24) is 14.6 Å². The predicted octanol–water partition coefficient (Wildman–Crippen LogP) is -0.0751. The first kappa shape index (κ1) is 17.1. The van der Waals surface area contributed by atoms with E-state index in [1.165, 1.54) is 7.05 Å². The molecule has 0 radical (unpaired) electrons. The number of aromatic nitrogens is 1. The van der Waals surface area contributed by atoms with Gasteiger partial charge in [-0.05, 0) is 26.0 Å². The van der Waals surface area contributed by atoms with E-state index in [-0.39, 0.29) is 23.2 Å². The van der Waals surface area contributed by atoms with Gasteiger partial charge in [0.1, 0.15) is 0 Å². The van der Waals surface area contributed by atoms with Crippen LogP contribution in [0.2, 0.25) is 0 Å². The normalized spacial score (nSPS) is 11.7. The number of aromatic carboxylic acids is 1. The molecule has 1 rings (SSSR count). The second kappa shape index (κ2) is 6.64. The summed E-state index contributed by atoms with van der Waals surface area (Å²) < 4.78 is 25.2. The first-order chi connectivity index (χ1) is 9.64. The van der Waals surface area contributed by atoms with Crippen LogP contribution in [0.4, 0.5) is 0 Å². The Labute approximate surface area is 122 Å². The molecule has 0 spiro atoms. The fourth-order valence-electron chi connectivity index (χ4n) is 1.47. The van der Waals surface area contributed by atoms with E-state index in [1.807, 2.05) is 0 Å². The van der Waals surface area contributed by atoms with Crippen LogP contribution in [0, 0.1) is 0 Å². The highest BCUT2D eigenvalue weighted by Gasteiger charge is 2.24. The topological polar surface area (TPSA) is 117 Å². The van der Waals surface area contributed by atoms with Crippen molar-refractivity contribution in [3.8, 4) is 0 Å². The first-order valence-electron chi connectivity index (χ1n) is 6.09. The number of likely N-dealkylation sites (N-methyl/N-ethyl adjacent to an activating group) is 1. The Bertz CT molecular complexity index is 625. The van der Waals surface area contributed by atoms with Crippen LogP contribution in [0.15, 0.2) is 23.4 Å². The number of carbonyl (C=O) groups excluding carboxylic acids is 1. The number of pyridine rings is 1. The lowest BCUT2D eigenvalue weighted by molar-refractivity contribution is -0.121. The van der Waals surface area contributed by atoms with Crippen LogP contribution in [-0.2, 0) is 14.8 Å². The zero-order valence-corrected chi connectivity index (χ0v) is 12.7. The second-order valence-corrected chi connectivity index (χ2v) is 6.67. The highest BCUT2D eigenvalue weighted by atomic mass is 32.2. The largest absolute Gasteiger partial charge is 0.478 e. The van der Waals surface area contributed by atoms with Gasteiger partial charge in [0.05, 0.1) is 12.1 Å². The molecule has 0 fully saturated rings. The average Bonchev–Trinajstić information content (AvgIpc) is 2.37. The molecular weight excluding hydrogens is 298 g/mol. The number of hydrogen-bond acceptors (Lipinski definition) is 5. The molecule has 0 aliphatic carbocycles. The van der Waals surface area contributed by atoms with Crippen molar-refractivity contribution in [2.45, 2.75) is 24.9 Å². The summed E-state index contributed by atoms with van der Waals surface area (Å²) in [6.45, 7) is 3.18. The quantitative estimate of drug-likeness (QED) is 0.758. The fourth-order valence-corrected chi connectivity index (χ4v) is 2.51. The van der Waals surface area contributed by atoms with Gasteiger partial charge in [-0.2, -0.15) is 4.31 Å². The number of hydrogen-bond donors (Lipinski definition) is 2. The lowest BCUT2D eigenvalue weighted by atomic mass is 10.3. The Kier molecular flexibility index (Phi) is 5.39. The molecule has 0 aliphatic heterocycles. The smallest absolute Gasteiger partial charge is 0.337 e. The number of nitrogens with zero attached hydrogens (tertiary/aromatic N) is 2. The Balaban J connectivity index is 2.89. The third-order valence-corrected chi connectivity index (χ3v) is 4.19. The summed E-state index contributed by atoms with van der Waals surface area (Å²) in [5.41, 5.74) is -0.117. The third-order valence-electron chi connectivity index (χ3n) is 2.47. The van der Waals surface area contributed by atoms with Gasteiger partial charge in [-0.1, -0.05) is 0 Å². The van der Waals surface area contributed by atoms with Crippen molar-refractivity contribution in [2.75, 3.05) is 13.6 Å². The molecule has 0 bridgehead atoms. The molecule has 1 aromatic rings. The number of nitrogens with one attached hydrogen (secondary N) is 1. The molecule has 2 N–H and O–H groups in total. The summed E-state index contributed by atoms with van der Waals surface area (Å²) >= 11 is 0. The van der Waals surface area contributed by atoms with E-state index in [9.17, 15) is 18.0 Å². The number of amides is 1. The number of rotatable bonds is 6. The van der Waals surface area contributed by atoms with Gasteiger partial charge in [0, 0.05) is 19.3 Å². The summed E-state index contributed by atoms with van der Waals surface area (Å²) in [6, 6.07) is 2.14. The van der Waals surface area contributed by atoms with Gasteiger partial charge >= 0.3 is 5.97 Å². The van der Waals surface area contributed by atoms with E-state index in [1.54, 1.807) is 13.8 Å². The molecular formula is C12H17N3O5S. The van der Waals surface area contributed by atoms with E-state index in [4.69, 9.17) is 5.11 Å². The Morgan fingerprint density at radius 1 is 1.38 bits per heavy atom. The molecule has 0 saturated carbocycles. The highest BCUT2D eigenvalue weighted by Crippen LogP contribution is 2.12. The maximum absolute atomic E-state index is 12.2. The van der Waals surface area contributed by atoms with Crippen LogP contribution in [0.1, 0.15) is 24.2 Å². The van der Waals surface area contributed by atoms with Gasteiger partial charge in [-0.3, -0.25) is 4.79 Å². The van der Waals surface area contributed by atoms with Crippen LogP contribution in [0.5, 0.6) is 0 Å². The summed E-state index contributed by atoms with van der Waals surface area (Å²) in [6.07, 6.45) is 0.956. The molecule has 116 valence electrons. The van der Waals surface area contributed by atoms with E-state index in [2.05, 4.69) is 10.3 Å². The van der Waals surface area contributed by atoms with Crippen molar-refractivity contribution < 1.29 is 23.1 Å². The lowest BCUT2D eigenvalue weighted by Gasteiger charge is -2.17. The van der Waals surface area contributed by atoms with Crippen molar-refractivity contribution in [2.24, 2.45) is 0 Å². The molecule has 0 atom stereocenters. The second-order valence-electron chi connectivity index (χ2n) is 4.67. The zero-order valence-electron chi connectivity index (χ0n) is 11.9. The van der Waals surface area contributed by atoms with Gasteiger partial charge in [0.25, 0.3) is 10.0 Å². The number of carboxylic acid groups (broad SMARTS) is 1. The van der Waals surface area contributed by atoms with Crippen molar-refractivity contribution >= 4 is 21.9 Å². The van der Waals surface area contributed by atoms with Crippen molar-refractivity contribution in [1.29, 1.82) is 0 Å². The molecule has 9 heteroatoms. The van der Waals surface area contributed by atoms with Gasteiger partial charge in [-0.25, -0.2) is 18.2 Å². The summed E-state index contributed by atoms with van der Waals surface area (Å²) in [5.74, 6) is -1.63. The lowest BCUT2D eigenvalue weighted by Crippen LogP contribution is -2.41. The number of carbonyl (C=O) groups is 2. The minimum atomic E-state index is -3.94. The van der Waals surface area contributed by atoms with Gasteiger partial charge < -0.3 is 10.4 Å². The van der Waals surface area contributed by atoms with E-state index < -0.39 is 21.9 Å². The standard InChI is InChI=1S/C12H17N3O5S/c1-8(2)14-10(16)7-15(3)21(19,20)11-5-4-9(6-13-11)12(17)18/h4-6,8H,7H2,1-3H3,(H,14,16)(H,17,18). The molecule has 1 amide bonds. The third kappa shape index (κ3) is 4.50.